The molecule has 0 saturated carbocycles. The lowest BCUT2D eigenvalue weighted by Crippen LogP contribution is -2.38. The Morgan fingerprint density at radius 3 is 2.44 bits per heavy atom. The van der Waals surface area contributed by atoms with Crippen LogP contribution in [0.2, 0.25) is 5.02 Å². The van der Waals surface area contributed by atoms with E-state index in [1.807, 2.05) is 12.1 Å². The highest BCUT2D eigenvalue weighted by Gasteiger charge is 2.27. The molecule has 2 aromatic carbocycles. The number of anilines is 2. The van der Waals surface area contributed by atoms with Gasteiger partial charge >= 0.3 is 0 Å². The monoisotopic (exact) mass is 387 g/mol. The summed E-state index contributed by atoms with van der Waals surface area (Å²) in [6, 6.07) is 11.6. The lowest BCUT2D eigenvalue weighted by atomic mass is 9.95. The van der Waals surface area contributed by atoms with E-state index in [1.54, 1.807) is 12.1 Å². The van der Waals surface area contributed by atoms with Gasteiger partial charge in [-0.25, -0.2) is 0 Å². The Morgan fingerprint density at radius 1 is 1.19 bits per heavy atom. The minimum atomic E-state index is -0.562. The summed E-state index contributed by atoms with van der Waals surface area (Å²) in [6.45, 7) is 1.37. The van der Waals surface area contributed by atoms with Gasteiger partial charge in [0, 0.05) is 36.3 Å². The molecule has 0 atom stereocenters. The molecular formula is C19H18ClN3O4. The van der Waals surface area contributed by atoms with Gasteiger partial charge in [0.15, 0.2) is 0 Å². The molecule has 8 heteroatoms. The zero-order chi connectivity index (χ0) is 19.4. The quantitative estimate of drug-likeness (QED) is 0.477. The van der Waals surface area contributed by atoms with Crippen LogP contribution in [0.25, 0.3) is 0 Å². The van der Waals surface area contributed by atoms with Crippen LogP contribution in [0, 0.1) is 16.0 Å². The zero-order valence-electron chi connectivity index (χ0n) is 14.4. The number of nitrogens with one attached hydrogen (secondary N) is 1. The fourth-order valence-corrected chi connectivity index (χ4v) is 3.39. The molecule has 0 radical (unpaired) electrons. The average Bonchev–Trinajstić information content (AvgIpc) is 2.69. The summed E-state index contributed by atoms with van der Waals surface area (Å²) in [7, 11) is 0. The van der Waals surface area contributed by atoms with Gasteiger partial charge in [-0.05, 0) is 43.2 Å². The maximum Gasteiger partial charge on any atom is 0.294 e. The summed E-state index contributed by atoms with van der Waals surface area (Å²) in [5, 5.41) is 13.9. The summed E-state index contributed by atoms with van der Waals surface area (Å²) >= 11 is 6.03. The summed E-state index contributed by atoms with van der Waals surface area (Å²) in [5.41, 5.74) is 1.44. The fraction of sp³-hybridized carbons (Fsp3) is 0.263. The van der Waals surface area contributed by atoms with Crippen LogP contribution in [-0.2, 0) is 4.79 Å². The third-order valence-corrected chi connectivity index (χ3v) is 5.01. The number of hydrogen-bond donors (Lipinski definition) is 1. The summed E-state index contributed by atoms with van der Waals surface area (Å²) in [5.74, 6) is -0.506. The van der Waals surface area contributed by atoms with Crippen molar-refractivity contribution in [2.75, 3.05) is 23.3 Å². The van der Waals surface area contributed by atoms with Gasteiger partial charge in [0.2, 0.25) is 5.91 Å². The van der Waals surface area contributed by atoms with Crippen molar-refractivity contribution in [3.63, 3.8) is 0 Å². The number of aldehydes is 1. The van der Waals surface area contributed by atoms with Crippen LogP contribution in [-0.4, -0.2) is 30.2 Å². The molecule has 0 aliphatic carbocycles. The SMILES string of the molecule is O=Cc1ccc(N2CCC(C(=O)Nc3c(Cl)cccc3[N+](=O)[O-])CC2)cc1. The second-order valence-electron chi connectivity index (χ2n) is 6.35. The number of nitrogens with zero attached hydrogens (tertiary/aromatic N) is 2. The van der Waals surface area contributed by atoms with E-state index in [1.165, 1.54) is 18.2 Å². The van der Waals surface area contributed by atoms with Crippen molar-refractivity contribution in [2.45, 2.75) is 12.8 Å². The zero-order valence-corrected chi connectivity index (χ0v) is 15.2. The van der Waals surface area contributed by atoms with Crippen molar-refractivity contribution in [3.05, 3.63) is 63.2 Å². The number of carbonyl (C=O) groups excluding carboxylic acids is 2. The lowest BCUT2D eigenvalue weighted by Gasteiger charge is -2.33. The van der Waals surface area contributed by atoms with Crippen LogP contribution in [0.5, 0.6) is 0 Å². The van der Waals surface area contributed by atoms with Crippen molar-refractivity contribution in [2.24, 2.45) is 5.92 Å². The Kier molecular flexibility index (Phi) is 5.71. The molecule has 2 aromatic rings. The summed E-state index contributed by atoms with van der Waals surface area (Å²) < 4.78 is 0. The normalized spacial score (nSPS) is 14.6. The van der Waals surface area contributed by atoms with E-state index in [0.717, 1.165) is 12.0 Å². The molecule has 140 valence electrons. The van der Waals surface area contributed by atoms with E-state index >= 15 is 0 Å². The molecule has 0 aromatic heterocycles. The first-order valence-electron chi connectivity index (χ1n) is 8.53. The minimum absolute atomic E-state index is 0.0426. The molecule has 1 fully saturated rings. The molecule has 1 amide bonds. The molecule has 1 saturated heterocycles. The Labute approximate surface area is 161 Å². The Morgan fingerprint density at radius 2 is 1.85 bits per heavy atom. The van der Waals surface area contributed by atoms with E-state index in [2.05, 4.69) is 10.2 Å². The highest BCUT2D eigenvalue weighted by Crippen LogP contribution is 2.33. The van der Waals surface area contributed by atoms with Crippen LogP contribution >= 0.6 is 11.6 Å². The molecule has 0 spiro atoms. The molecule has 1 heterocycles. The topological polar surface area (TPSA) is 92.6 Å². The minimum Gasteiger partial charge on any atom is -0.371 e. The maximum atomic E-state index is 12.6. The third kappa shape index (κ3) is 4.25. The van der Waals surface area contributed by atoms with Gasteiger partial charge in [0.1, 0.15) is 12.0 Å². The van der Waals surface area contributed by atoms with Crippen molar-refractivity contribution in [1.29, 1.82) is 0 Å². The van der Waals surface area contributed by atoms with E-state index < -0.39 is 4.92 Å². The lowest BCUT2D eigenvalue weighted by molar-refractivity contribution is -0.383. The highest BCUT2D eigenvalue weighted by molar-refractivity contribution is 6.34. The van der Waals surface area contributed by atoms with Crippen LogP contribution < -0.4 is 10.2 Å². The Bertz CT molecular complexity index is 862. The third-order valence-electron chi connectivity index (χ3n) is 4.70. The number of benzene rings is 2. The van der Waals surface area contributed by atoms with Crippen LogP contribution in [0.4, 0.5) is 17.1 Å². The number of rotatable bonds is 5. The number of halogens is 1. The van der Waals surface area contributed by atoms with Gasteiger partial charge in [-0.3, -0.25) is 19.7 Å². The first-order chi connectivity index (χ1) is 13.0. The van der Waals surface area contributed by atoms with Gasteiger partial charge in [0.25, 0.3) is 5.69 Å². The summed E-state index contributed by atoms with van der Waals surface area (Å²) in [4.78, 5) is 36.0. The van der Waals surface area contributed by atoms with E-state index in [0.29, 0.717) is 31.5 Å². The number of para-hydroxylation sites is 1. The first kappa shape index (κ1) is 18.8. The fourth-order valence-electron chi connectivity index (χ4n) is 3.18. The van der Waals surface area contributed by atoms with Gasteiger partial charge in [-0.15, -0.1) is 0 Å². The maximum absolute atomic E-state index is 12.6. The van der Waals surface area contributed by atoms with Crippen molar-refractivity contribution < 1.29 is 14.5 Å². The van der Waals surface area contributed by atoms with Crippen LogP contribution in [0.3, 0.4) is 0 Å². The van der Waals surface area contributed by atoms with Gasteiger partial charge in [0.05, 0.1) is 9.95 Å². The largest absolute Gasteiger partial charge is 0.371 e. The highest BCUT2D eigenvalue weighted by atomic mass is 35.5. The summed E-state index contributed by atoms with van der Waals surface area (Å²) in [6.07, 6.45) is 2.05. The molecule has 1 N–H and O–H groups in total. The van der Waals surface area contributed by atoms with Gasteiger partial charge < -0.3 is 10.2 Å². The van der Waals surface area contributed by atoms with Crippen molar-refractivity contribution >= 4 is 40.9 Å². The molecule has 27 heavy (non-hydrogen) atoms. The number of carbonyl (C=O) groups is 2. The van der Waals surface area contributed by atoms with Crippen LogP contribution in [0.1, 0.15) is 23.2 Å². The molecule has 0 bridgehead atoms. The number of nitro benzene ring substituents is 1. The standard InChI is InChI=1S/C19H18ClN3O4/c20-16-2-1-3-17(23(26)27)18(16)21-19(25)14-8-10-22(11-9-14)15-6-4-13(12-24)5-7-15/h1-7,12,14H,8-11H2,(H,21,25). The van der Waals surface area contributed by atoms with Crippen molar-refractivity contribution in [3.8, 4) is 0 Å². The Balaban J connectivity index is 1.64. The smallest absolute Gasteiger partial charge is 0.294 e. The predicted octanol–water partition coefficient (Wildman–Crippen LogP) is 3.92. The Hall–Kier alpha value is -2.93. The van der Waals surface area contributed by atoms with E-state index in [4.69, 9.17) is 11.6 Å². The first-order valence-corrected chi connectivity index (χ1v) is 8.91. The molecule has 0 unspecified atom stereocenters. The van der Waals surface area contributed by atoms with Gasteiger partial charge in [-0.2, -0.15) is 0 Å². The molecule has 1 aliphatic rings. The van der Waals surface area contributed by atoms with Crippen molar-refractivity contribution in [1.82, 2.24) is 0 Å². The molecule has 1 aliphatic heterocycles. The average molecular weight is 388 g/mol. The number of amides is 1. The van der Waals surface area contributed by atoms with Gasteiger partial charge in [-0.1, -0.05) is 17.7 Å². The predicted molar refractivity (Wildman–Crippen MR) is 104 cm³/mol. The molecule has 3 rings (SSSR count). The van der Waals surface area contributed by atoms with E-state index in [9.17, 15) is 19.7 Å². The second kappa shape index (κ2) is 8.18. The number of hydrogen-bond acceptors (Lipinski definition) is 5. The number of piperidine rings is 1. The van der Waals surface area contributed by atoms with E-state index in [-0.39, 0.29) is 28.2 Å². The molecule has 7 nitrogen and oxygen atoms in total. The second-order valence-corrected chi connectivity index (χ2v) is 6.76. The van der Waals surface area contributed by atoms with Crippen LogP contribution in [0.15, 0.2) is 42.5 Å². The number of nitro groups is 1. The molecular weight excluding hydrogens is 370 g/mol.